The van der Waals surface area contributed by atoms with E-state index in [1.54, 1.807) is 6.07 Å². The molecule has 4 heteroatoms. The molecule has 1 atom stereocenters. The van der Waals surface area contributed by atoms with Crippen molar-refractivity contribution in [2.24, 2.45) is 0 Å². The van der Waals surface area contributed by atoms with E-state index in [4.69, 9.17) is 5.11 Å². The van der Waals surface area contributed by atoms with Crippen LogP contribution < -0.4 is 0 Å². The number of carboxylic acids is 1. The normalized spacial score (nSPS) is 17.1. The first-order valence-corrected chi connectivity index (χ1v) is 5.74. The third-order valence-electron chi connectivity index (χ3n) is 3.04. The lowest BCUT2D eigenvalue weighted by Gasteiger charge is -2.10. The number of nitrogens with zero attached hydrogens (tertiary/aromatic N) is 2. The van der Waals surface area contributed by atoms with Gasteiger partial charge >= 0.3 is 5.97 Å². The van der Waals surface area contributed by atoms with E-state index in [1.807, 2.05) is 0 Å². The molecule has 16 heavy (non-hydrogen) atoms. The van der Waals surface area contributed by atoms with Gasteiger partial charge in [-0.05, 0) is 31.2 Å². The summed E-state index contributed by atoms with van der Waals surface area (Å²) in [5.74, 6) is 0.435. The average molecular weight is 220 g/mol. The first-order chi connectivity index (χ1) is 7.61. The molecule has 1 saturated carbocycles. The summed E-state index contributed by atoms with van der Waals surface area (Å²) in [5.41, 5.74) is 0.990. The Bertz CT molecular complexity index is 413. The largest absolute Gasteiger partial charge is 0.477 e. The van der Waals surface area contributed by atoms with E-state index in [1.165, 1.54) is 0 Å². The van der Waals surface area contributed by atoms with Crippen molar-refractivity contribution < 1.29 is 9.90 Å². The zero-order chi connectivity index (χ0) is 11.7. The molecule has 1 aliphatic rings. The van der Waals surface area contributed by atoms with Gasteiger partial charge < -0.3 is 5.11 Å². The fraction of sp³-hybridized carbons (Fsp3) is 0.583. The summed E-state index contributed by atoms with van der Waals surface area (Å²) < 4.78 is 0. The monoisotopic (exact) mass is 220 g/mol. The zero-order valence-electron chi connectivity index (χ0n) is 9.60. The van der Waals surface area contributed by atoms with Crippen LogP contribution in [0.4, 0.5) is 0 Å². The topological polar surface area (TPSA) is 63.1 Å². The number of hydrogen-bond acceptors (Lipinski definition) is 3. The van der Waals surface area contributed by atoms with Crippen molar-refractivity contribution >= 4 is 5.97 Å². The summed E-state index contributed by atoms with van der Waals surface area (Å²) in [6, 6.07) is 1.60. The minimum Gasteiger partial charge on any atom is -0.477 e. The van der Waals surface area contributed by atoms with Gasteiger partial charge in [0, 0.05) is 11.6 Å². The second-order valence-electron chi connectivity index (χ2n) is 4.42. The maximum Gasteiger partial charge on any atom is 0.354 e. The summed E-state index contributed by atoms with van der Waals surface area (Å²) in [4.78, 5) is 19.5. The van der Waals surface area contributed by atoms with Gasteiger partial charge in [-0.2, -0.15) is 0 Å². The Morgan fingerprint density at radius 2 is 2.25 bits per heavy atom. The second-order valence-corrected chi connectivity index (χ2v) is 4.42. The number of carboxylic acid groups (broad SMARTS) is 1. The highest BCUT2D eigenvalue weighted by atomic mass is 16.4. The first kappa shape index (κ1) is 11.0. The average Bonchev–Trinajstić information content (AvgIpc) is 3.11. The number of rotatable bonds is 4. The van der Waals surface area contributed by atoms with Crippen LogP contribution in [0.3, 0.4) is 0 Å². The Hall–Kier alpha value is -1.45. The summed E-state index contributed by atoms with van der Waals surface area (Å²) in [5, 5.41) is 9.00. The predicted molar refractivity (Wildman–Crippen MR) is 59.7 cm³/mol. The third kappa shape index (κ3) is 2.21. The van der Waals surface area contributed by atoms with Gasteiger partial charge in [-0.15, -0.1) is 0 Å². The van der Waals surface area contributed by atoms with E-state index in [9.17, 15) is 4.79 Å². The van der Waals surface area contributed by atoms with Crippen LogP contribution in [0.1, 0.15) is 67.0 Å². The summed E-state index contributed by atoms with van der Waals surface area (Å²) >= 11 is 0. The SMILES string of the molecule is CC[C@@H](C)c1cc(C(=O)O)nc(C2CC2)n1. The fourth-order valence-electron chi connectivity index (χ4n) is 1.58. The molecule has 0 aliphatic heterocycles. The van der Waals surface area contributed by atoms with E-state index in [-0.39, 0.29) is 5.69 Å². The Morgan fingerprint density at radius 3 is 2.75 bits per heavy atom. The van der Waals surface area contributed by atoms with Gasteiger partial charge in [-0.25, -0.2) is 14.8 Å². The van der Waals surface area contributed by atoms with Crippen molar-refractivity contribution in [1.29, 1.82) is 0 Å². The molecule has 0 radical (unpaired) electrons. The van der Waals surface area contributed by atoms with Crippen LogP contribution in [0.15, 0.2) is 6.07 Å². The molecular formula is C12H16N2O2. The van der Waals surface area contributed by atoms with Crippen LogP contribution in [-0.2, 0) is 0 Å². The highest BCUT2D eigenvalue weighted by Crippen LogP contribution is 2.38. The van der Waals surface area contributed by atoms with Gasteiger partial charge in [0.05, 0.1) is 0 Å². The van der Waals surface area contributed by atoms with E-state index >= 15 is 0 Å². The van der Waals surface area contributed by atoms with Crippen molar-refractivity contribution in [2.75, 3.05) is 0 Å². The molecule has 0 saturated heterocycles. The van der Waals surface area contributed by atoms with Crippen LogP contribution >= 0.6 is 0 Å². The predicted octanol–water partition coefficient (Wildman–Crippen LogP) is 2.57. The summed E-state index contributed by atoms with van der Waals surface area (Å²) in [7, 11) is 0. The van der Waals surface area contributed by atoms with Crippen LogP contribution in [0.5, 0.6) is 0 Å². The lowest BCUT2D eigenvalue weighted by Crippen LogP contribution is -2.09. The number of hydrogen-bond donors (Lipinski definition) is 1. The lowest BCUT2D eigenvalue weighted by atomic mass is 10.0. The van der Waals surface area contributed by atoms with Crippen molar-refractivity contribution in [3.63, 3.8) is 0 Å². The minimum atomic E-state index is -0.964. The molecule has 1 fully saturated rings. The van der Waals surface area contributed by atoms with E-state index in [2.05, 4.69) is 23.8 Å². The standard InChI is InChI=1S/C12H16N2O2/c1-3-7(2)9-6-10(12(15)16)14-11(13-9)8-4-5-8/h6-8H,3-5H2,1-2H3,(H,15,16)/t7-/m1/s1. The molecule has 0 bridgehead atoms. The van der Waals surface area contributed by atoms with Gasteiger partial charge in [0.2, 0.25) is 0 Å². The molecule has 0 amide bonds. The van der Waals surface area contributed by atoms with E-state index in [0.717, 1.165) is 30.8 Å². The van der Waals surface area contributed by atoms with Gasteiger partial charge in [0.1, 0.15) is 5.82 Å². The quantitative estimate of drug-likeness (QED) is 0.847. The molecule has 86 valence electrons. The molecule has 2 rings (SSSR count). The number of aromatic nitrogens is 2. The van der Waals surface area contributed by atoms with Gasteiger partial charge in [0.25, 0.3) is 0 Å². The third-order valence-corrected chi connectivity index (χ3v) is 3.04. The van der Waals surface area contributed by atoms with Crippen molar-refractivity contribution in [2.45, 2.75) is 44.9 Å². The van der Waals surface area contributed by atoms with E-state index in [0.29, 0.717) is 11.8 Å². The lowest BCUT2D eigenvalue weighted by molar-refractivity contribution is 0.0689. The Balaban J connectivity index is 2.40. The first-order valence-electron chi connectivity index (χ1n) is 5.74. The fourth-order valence-corrected chi connectivity index (χ4v) is 1.58. The molecule has 1 aliphatic carbocycles. The Labute approximate surface area is 94.7 Å². The second kappa shape index (κ2) is 4.20. The van der Waals surface area contributed by atoms with Crippen LogP contribution in [0, 0.1) is 0 Å². The molecule has 0 spiro atoms. The molecule has 1 heterocycles. The van der Waals surface area contributed by atoms with Gasteiger partial charge in [-0.1, -0.05) is 13.8 Å². The molecule has 4 nitrogen and oxygen atoms in total. The zero-order valence-corrected chi connectivity index (χ0v) is 9.60. The summed E-state index contributed by atoms with van der Waals surface area (Å²) in [6.07, 6.45) is 3.13. The number of carbonyl (C=O) groups is 1. The molecule has 1 aromatic rings. The maximum absolute atomic E-state index is 11.0. The summed E-state index contributed by atoms with van der Waals surface area (Å²) in [6.45, 7) is 4.13. The van der Waals surface area contributed by atoms with Gasteiger partial charge in [0.15, 0.2) is 5.69 Å². The highest BCUT2D eigenvalue weighted by molar-refractivity contribution is 5.85. The Morgan fingerprint density at radius 1 is 1.56 bits per heavy atom. The molecule has 1 N–H and O–H groups in total. The van der Waals surface area contributed by atoms with Crippen LogP contribution in [0.2, 0.25) is 0 Å². The van der Waals surface area contributed by atoms with Crippen molar-refractivity contribution in [1.82, 2.24) is 9.97 Å². The minimum absolute atomic E-state index is 0.132. The molecule has 0 unspecified atom stereocenters. The maximum atomic E-state index is 11.0. The smallest absolute Gasteiger partial charge is 0.354 e. The van der Waals surface area contributed by atoms with E-state index < -0.39 is 5.97 Å². The van der Waals surface area contributed by atoms with Crippen molar-refractivity contribution in [3.05, 3.63) is 23.3 Å². The highest BCUT2D eigenvalue weighted by Gasteiger charge is 2.28. The number of aromatic carboxylic acids is 1. The van der Waals surface area contributed by atoms with Crippen LogP contribution in [0.25, 0.3) is 0 Å². The molecule has 0 aromatic carbocycles. The Kier molecular flexibility index (Phi) is 2.90. The molecular weight excluding hydrogens is 204 g/mol. The van der Waals surface area contributed by atoms with Crippen molar-refractivity contribution in [3.8, 4) is 0 Å². The molecule has 1 aromatic heterocycles. The van der Waals surface area contributed by atoms with Crippen LogP contribution in [-0.4, -0.2) is 21.0 Å². The van der Waals surface area contributed by atoms with Gasteiger partial charge in [-0.3, -0.25) is 0 Å².